The van der Waals surface area contributed by atoms with Gasteiger partial charge < -0.3 is 35.5 Å². The van der Waals surface area contributed by atoms with Gasteiger partial charge in [-0.3, -0.25) is 4.79 Å². The smallest absolute Gasteiger partial charge is 0.253 e. The molecule has 0 bridgehead atoms. The first kappa shape index (κ1) is 20.5. The van der Waals surface area contributed by atoms with Crippen molar-refractivity contribution in [1.82, 2.24) is 15.3 Å². The van der Waals surface area contributed by atoms with E-state index in [9.17, 15) is 25.2 Å². The van der Waals surface area contributed by atoms with Crippen LogP contribution in [0.15, 0.2) is 42.5 Å². The first-order valence-corrected chi connectivity index (χ1v) is 9.56. The number of aliphatic hydroxyl groups excluding tert-OH is 4. The van der Waals surface area contributed by atoms with Gasteiger partial charge >= 0.3 is 0 Å². The summed E-state index contributed by atoms with van der Waals surface area (Å²) in [5, 5.41) is 42.4. The number of amides is 1. The molecule has 0 aliphatic carbocycles. The topological polar surface area (TPSA) is 148 Å². The zero-order valence-corrected chi connectivity index (χ0v) is 16.2. The molecule has 0 unspecified atom stereocenters. The van der Waals surface area contributed by atoms with Crippen molar-refractivity contribution >= 4 is 16.9 Å². The molecular weight excluding hydrogens is 390 g/mol. The van der Waals surface area contributed by atoms with Gasteiger partial charge in [0.15, 0.2) is 0 Å². The summed E-state index contributed by atoms with van der Waals surface area (Å²) in [5.41, 5.74) is 2.91. The first-order valence-electron chi connectivity index (χ1n) is 9.56. The van der Waals surface area contributed by atoms with E-state index in [-0.39, 0.29) is 5.91 Å². The van der Waals surface area contributed by atoms with Gasteiger partial charge in [-0.15, -0.1) is 0 Å². The van der Waals surface area contributed by atoms with Crippen LogP contribution in [-0.2, 0) is 4.74 Å². The van der Waals surface area contributed by atoms with E-state index in [1.807, 2.05) is 12.1 Å². The Morgan fingerprint density at radius 1 is 1.13 bits per heavy atom. The molecule has 1 saturated heterocycles. The van der Waals surface area contributed by atoms with E-state index in [0.717, 1.165) is 0 Å². The number of H-pyrrole nitrogens is 1. The maximum Gasteiger partial charge on any atom is 0.253 e. The molecule has 4 rings (SSSR count). The van der Waals surface area contributed by atoms with Gasteiger partial charge in [-0.2, -0.15) is 0 Å². The van der Waals surface area contributed by atoms with Crippen molar-refractivity contribution < 1.29 is 30.0 Å². The summed E-state index contributed by atoms with van der Waals surface area (Å²) < 4.78 is 5.64. The lowest BCUT2D eigenvalue weighted by atomic mass is 9.90. The van der Waals surface area contributed by atoms with Crippen molar-refractivity contribution in [3.8, 4) is 11.4 Å². The minimum atomic E-state index is -1.45. The van der Waals surface area contributed by atoms with Crippen LogP contribution in [0.25, 0.3) is 22.4 Å². The van der Waals surface area contributed by atoms with Crippen LogP contribution < -0.4 is 5.32 Å². The Labute approximate surface area is 172 Å². The number of fused-ring (bicyclic) bond motifs is 1. The number of imidazole rings is 1. The fraction of sp³-hybridized carbons (Fsp3) is 0.333. The predicted molar refractivity (Wildman–Crippen MR) is 108 cm³/mol. The highest BCUT2D eigenvalue weighted by Gasteiger charge is 2.43. The second kappa shape index (κ2) is 8.13. The molecule has 5 atom stereocenters. The van der Waals surface area contributed by atoms with Crippen molar-refractivity contribution in [3.63, 3.8) is 0 Å². The molecule has 30 heavy (non-hydrogen) atoms. The standard InChI is InChI=1S/C21H23N3O6/c1-22-21(29)12-6-3-7-13-15(12)24-20(23-13)11-5-2-4-10(8-11)19-18(28)17(27)16(26)14(9-25)30-19/h2-8,14,16-19,25-28H,9H2,1H3,(H,22,29)(H,23,24)/t14-,16-,17+,18+,19-/m1/s1. The van der Waals surface area contributed by atoms with Crippen molar-refractivity contribution in [3.05, 3.63) is 53.6 Å². The third kappa shape index (κ3) is 3.47. The van der Waals surface area contributed by atoms with Crippen LogP contribution in [0.3, 0.4) is 0 Å². The van der Waals surface area contributed by atoms with Crippen molar-refractivity contribution in [2.24, 2.45) is 0 Å². The monoisotopic (exact) mass is 413 g/mol. The fourth-order valence-electron chi connectivity index (χ4n) is 3.73. The lowest BCUT2D eigenvalue weighted by Crippen LogP contribution is -2.55. The van der Waals surface area contributed by atoms with Crippen molar-refractivity contribution in [2.45, 2.75) is 30.5 Å². The Morgan fingerprint density at radius 3 is 2.63 bits per heavy atom. The van der Waals surface area contributed by atoms with Crippen LogP contribution in [0.5, 0.6) is 0 Å². The number of nitrogens with one attached hydrogen (secondary N) is 2. The third-order valence-corrected chi connectivity index (χ3v) is 5.37. The van der Waals surface area contributed by atoms with Crippen LogP contribution in [0.1, 0.15) is 22.0 Å². The molecule has 1 aliphatic rings. The van der Waals surface area contributed by atoms with E-state index in [0.29, 0.717) is 33.5 Å². The summed E-state index contributed by atoms with van der Waals surface area (Å²) in [5.74, 6) is 0.279. The van der Waals surface area contributed by atoms with E-state index < -0.39 is 37.1 Å². The number of aliphatic hydroxyl groups is 4. The molecular formula is C21H23N3O6. The van der Waals surface area contributed by atoms with E-state index in [4.69, 9.17) is 4.74 Å². The van der Waals surface area contributed by atoms with Crippen LogP contribution in [0, 0.1) is 0 Å². The van der Waals surface area contributed by atoms with Gasteiger partial charge in [0.25, 0.3) is 5.91 Å². The summed E-state index contributed by atoms with van der Waals surface area (Å²) in [6.45, 7) is -0.493. The summed E-state index contributed by atoms with van der Waals surface area (Å²) in [6.07, 6.45) is -6.16. The molecule has 2 aromatic carbocycles. The van der Waals surface area contributed by atoms with Gasteiger partial charge in [0, 0.05) is 12.6 Å². The van der Waals surface area contributed by atoms with Gasteiger partial charge in [-0.05, 0) is 23.8 Å². The molecule has 1 aliphatic heterocycles. The lowest BCUT2D eigenvalue weighted by molar-refractivity contribution is -0.231. The maximum atomic E-state index is 12.1. The Balaban J connectivity index is 1.71. The number of hydrogen-bond donors (Lipinski definition) is 6. The highest BCUT2D eigenvalue weighted by atomic mass is 16.5. The number of hydrogen-bond acceptors (Lipinski definition) is 7. The maximum absolute atomic E-state index is 12.1. The minimum Gasteiger partial charge on any atom is -0.394 e. The largest absolute Gasteiger partial charge is 0.394 e. The number of ether oxygens (including phenoxy) is 1. The molecule has 158 valence electrons. The average molecular weight is 413 g/mol. The molecule has 9 heteroatoms. The average Bonchev–Trinajstić information content (AvgIpc) is 3.22. The number of benzene rings is 2. The number of carbonyl (C=O) groups is 1. The summed E-state index contributed by atoms with van der Waals surface area (Å²) >= 11 is 0. The molecule has 3 aromatic rings. The lowest BCUT2D eigenvalue weighted by Gasteiger charge is -2.40. The Morgan fingerprint density at radius 2 is 1.90 bits per heavy atom. The number of nitrogens with zero attached hydrogens (tertiary/aromatic N) is 1. The molecule has 1 aromatic heterocycles. The van der Waals surface area contributed by atoms with Gasteiger partial charge in [-0.25, -0.2) is 4.98 Å². The Hall–Kier alpha value is -2.82. The molecule has 0 saturated carbocycles. The minimum absolute atomic E-state index is 0.242. The van der Waals surface area contributed by atoms with E-state index >= 15 is 0 Å². The summed E-state index contributed by atoms with van der Waals surface area (Å²) in [4.78, 5) is 19.9. The van der Waals surface area contributed by atoms with Crippen LogP contribution in [0.2, 0.25) is 0 Å². The molecule has 2 heterocycles. The molecule has 0 spiro atoms. The zero-order valence-electron chi connectivity index (χ0n) is 16.2. The fourth-order valence-corrected chi connectivity index (χ4v) is 3.73. The highest BCUT2D eigenvalue weighted by molar-refractivity contribution is 6.05. The highest BCUT2D eigenvalue weighted by Crippen LogP contribution is 2.34. The van der Waals surface area contributed by atoms with Crippen molar-refractivity contribution in [1.29, 1.82) is 0 Å². The SMILES string of the molecule is CNC(=O)c1cccc2[nH]c(-c3cccc([C@H]4O[C@H](CO)[C@@H](O)[C@H](O)[C@@H]4O)c3)nc12. The van der Waals surface area contributed by atoms with Gasteiger partial charge in [0.1, 0.15) is 41.9 Å². The third-order valence-electron chi connectivity index (χ3n) is 5.37. The van der Waals surface area contributed by atoms with Crippen molar-refractivity contribution in [2.75, 3.05) is 13.7 Å². The summed E-state index contributed by atoms with van der Waals surface area (Å²) in [6, 6.07) is 12.3. The Bertz CT molecular complexity index is 1070. The Kier molecular flexibility index (Phi) is 5.54. The zero-order chi connectivity index (χ0) is 21.4. The molecule has 9 nitrogen and oxygen atoms in total. The van der Waals surface area contributed by atoms with E-state index in [2.05, 4.69) is 15.3 Å². The van der Waals surface area contributed by atoms with Crippen LogP contribution in [0.4, 0.5) is 0 Å². The molecule has 6 N–H and O–H groups in total. The van der Waals surface area contributed by atoms with Crippen LogP contribution in [-0.4, -0.2) is 74.4 Å². The molecule has 1 fully saturated rings. The number of para-hydroxylation sites is 1. The second-order valence-electron chi connectivity index (χ2n) is 7.24. The number of aromatic amines is 1. The van der Waals surface area contributed by atoms with Gasteiger partial charge in [-0.1, -0.05) is 24.3 Å². The van der Waals surface area contributed by atoms with E-state index in [1.54, 1.807) is 37.4 Å². The molecule has 0 radical (unpaired) electrons. The number of rotatable bonds is 4. The second-order valence-corrected chi connectivity index (χ2v) is 7.24. The number of carbonyl (C=O) groups excluding carboxylic acids is 1. The van der Waals surface area contributed by atoms with E-state index in [1.165, 1.54) is 0 Å². The predicted octanol–water partition coefficient (Wildman–Crippen LogP) is 0.104. The van der Waals surface area contributed by atoms with Crippen LogP contribution >= 0.6 is 0 Å². The summed E-state index contributed by atoms with van der Waals surface area (Å²) in [7, 11) is 1.55. The van der Waals surface area contributed by atoms with Gasteiger partial charge in [0.05, 0.1) is 17.7 Å². The molecule has 1 amide bonds. The number of aromatic nitrogens is 2. The quantitative estimate of drug-likeness (QED) is 0.355. The first-order chi connectivity index (χ1) is 14.4. The van der Waals surface area contributed by atoms with Gasteiger partial charge in [0.2, 0.25) is 0 Å². The normalized spacial score (nSPS) is 26.6.